The summed E-state index contributed by atoms with van der Waals surface area (Å²) in [5.41, 5.74) is 2.49. The summed E-state index contributed by atoms with van der Waals surface area (Å²) in [5, 5.41) is 14.0. The molecule has 2 heterocycles. The highest BCUT2D eigenvalue weighted by atomic mass is 35.5. The van der Waals surface area contributed by atoms with Gasteiger partial charge in [0.2, 0.25) is 11.8 Å². The SMILES string of the molecule is O=C([O-])CCC(=O)N1CCN2C(=O)c3cc(-c4ccc(Cl)cc4)ccc3NC(=O)[C@@H]2C1. The summed E-state index contributed by atoms with van der Waals surface area (Å²) >= 11 is 5.95. The molecule has 0 bridgehead atoms. The number of rotatable bonds is 4. The van der Waals surface area contributed by atoms with Crippen molar-refractivity contribution in [1.29, 1.82) is 0 Å². The van der Waals surface area contributed by atoms with Gasteiger partial charge in [-0.25, -0.2) is 0 Å². The van der Waals surface area contributed by atoms with Crippen LogP contribution in [-0.2, 0) is 14.4 Å². The average molecular weight is 441 g/mol. The molecule has 1 fully saturated rings. The zero-order valence-corrected chi connectivity index (χ0v) is 17.2. The molecule has 2 aliphatic heterocycles. The van der Waals surface area contributed by atoms with E-state index in [1.54, 1.807) is 24.3 Å². The lowest BCUT2D eigenvalue weighted by molar-refractivity contribution is -0.305. The van der Waals surface area contributed by atoms with E-state index in [1.807, 2.05) is 18.2 Å². The van der Waals surface area contributed by atoms with Crippen LogP contribution in [0, 0.1) is 0 Å². The van der Waals surface area contributed by atoms with E-state index in [2.05, 4.69) is 5.32 Å². The molecule has 0 unspecified atom stereocenters. The number of aliphatic carboxylic acids is 1. The van der Waals surface area contributed by atoms with Crippen LogP contribution in [0.5, 0.6) is 0 Å². The van der Waals surface area contributed by atoms with Crippen LogP contribution in [0.4, 0.5) is 5.69 Å². The van der Waals surface area contributed by atoms with Crippen LogP contribution < -0.4 is 10.4 Å². The summed E-state index contributed by atoms with van der Waals surface area (Å²) in [6.07, 6.45) is -0.580. The van der Waals surface area contributed by atoms with Gasteiger partial charge >= 0.3 is 0 Å². The number of carbonyl (C=O) groups excluding carboxylic acids is 4. The molecule has 0 aromatic heterocycles. The van der Waals surface area contributed by atoms with Crippen LogP contribution in [0.25, 0.3) is 11.1 Å². The van der Waals surface area contributed by atoms with Crippen molar-refractivity contribution in [1.82, 2.24) is 9.80 Å². The molecule has 31 heavy (non-hydrogen) atoms. The van der Waals surface area contributed by atoms with Gasteiger partial charge in [-0.15, -0.1) is 0 Å². The highest BCUT2D eigenvalue weighted by Gasteiger charge is 2.40. The van der Waals surface area contributed by atoms with Crippen LogP contribution in [0.15, 0.2) is 42.5 Å². The number of amides is 3. The molecule has 3 amide bonds. The molecule has 1 atom stereocenters. The van der Waals surface area contributed by atoms with Gasteiger partial charge in [-0.1, -0.05) is 29.8 Å². The van der Waals surface area contributed by atoms with Gasteiger partial charge in [-0.05, 0) is 41.8 Å². The van der Waals surface area contributed by atoms with Gasteiger partial charge in [-0.2, -0.15) is 0 Å². The number of halogens is 1. The predicted octanol–water partition coefficient (Wildman–Crippen LogP) is 1.14. The third kappa shape index (κ3) is 4.25. The van der Waals surface area contributed by atoms with Crippen molar-refractivity contribution in [2.24, 2.45) is 0 Å². The first-order valence-electron chi connectivity index (χ1n) is 9.83. The lowest BCUT2D eigenvalue weighted by atomic mass is 10.0. The van der Waals surface area contributed by atoms with Crippen molar-refractivity contribution in [2.75, 3.05) is 25.0 Å². The van der Waals surface area contributed by atoms with Gasteiger partial charge in [0.1, 0.15) is 6.04 Å². The number of carboxylic acid groups (broad SMARTS) is 1. The lowest BCUT2D eigenvalue weighted by Gasteiger charge is -2.39. The van der Waals surface area contributed by atoms with Gasteiger partial charge in [0.15, 0.2) is 0 Å². The second kappa shape index (κ2) is 8.39. The maximum atomic E-state index is 13.3. The number of nitrogens with zero attached hydrogens (tertiary/aromatic N) is 2. The van der Waals surface area contributed by atoms with Crippen molar-refractivity contribution in [3.05, 3.63) is 53.1 Å². The Morgan fingerprint density at radius 2 is 1.74 bits per heavy atom. The summed E-state index contributed by atoms with van der Waals surface area (Å²) in [6.45, 7) is 0.424. The number of hydrogen-bond acceptors (Lipinski definition) is 5. The number of anilines is 1. The first-order chi connectivity index (χ1) is 14.8. The molecule has 0 aliphatic carbocycles. The van der Waals surface area contributed by atoms with Gasteiger partial charge in [0.05, 0.1) is 17.8 Å². The zero-order chi connectivity index (χ0) is 22.1. The number of nitrogens with one attached hydrogen (secondary N) is 1. The summed E-state index contributed by atoms with van der Waals surface area (Å²) in [6, 6.07) is 11.6. The Kier molecular flexibility index (Phi) is 5.65. The molecule has 2 aliphatic rings. The Balaban J connectivity index is 1.58. The molecule has 4 rings (SSSR count). The molecular weight excluding hydrogens is 422 g/mol. The standard InChI is InChI=1S/C22H20ClN3O5/c23-15-4-1-13(2-5-15)14-3-6-17-16(11-14)22(31)26-10-9-25(12-18(26)21(30)24-17)19(27)7-8-20(28)29/h1-6,11,18H,7-10,12H2,(H,24,30)(H,28,29)/p-1/t18-/m0/s1. The smallest absolute Gasteiger partial charge is 0.256 e. The molecule has 160 valence electrons. The fourth-order valence-electron chi connectivity index (χ4n) is 3.87. The Morgan fingerprint density at radius 3 is 2.45 bits per heavy atom. The van der Waals surface area contributed by atoms with Crippen LogP contribution in [0.1, 0.15) is 23.2 Å². The number of piperazine rings is 1. The Bertz CT molecular complexity index is 1070. The first-order valence-corrected chi connectivity index (χ1v) is 10.2. The van der Waals surface area contributed by atoms with Gasteiger partial charge in [-0.3, -0.25) is 14.4 Å². The van der Waals surface area contributed by atoms with Gasteiger partial charge < -0.3 is 25.0 Å². The Morgan fingerprint density at radius 1 is 1.03 bits per heavy atom. The van der Waals surface area contributed by atoms with Crippen LogP contribution in [-0.4, -0.2) is 59.2 Å². The number of fused-ring (bicyclic) bond motifs is 2. The monoisotopic (exact) mass is 440 g/mol. The molecular formula is C22H19ClN3O5-. The van der Waals surface area contributed by atoms with E-state index in [9.17, 15) is 24.3 Å². The van der Waals surface area contributed by atoms with Crippen molar-refractivity contribution in [3.8, 4) is 11.1 Å². The molecule has 1 saturated heterocycles. The second-order valence-electron chi connectivity index (χ2n) is 7.48. The maximum absolute atomic E-state index is 13.3. The van der Waals surface area contributed by atoms with Crippen molar-refractivity contribution >= 4 is 41.0 Å². The number of benzene rings is 2. The number of carboxylic acids is 1. The van der Waals surface area contributed by atoms with Crippen LogP contribution in [0.3, 0.4) is 0 Å². The topological polar surface area (TPSA) is 110 Å². The fourth-order valence-corrected chi connectivity index (χ4v) is 3.99. The molecule has 1 N–H and O–H groups in total. The van der Waals surface area contributed by atoms with E-state index in [0.29, 0.717) is 16.3 Å². The fraction of sp³-hybridized carbons (Fsp3) is 0.273. The molecule has 9 heteroatoms. The maximum Gasteiger partial charge on any atom is 0.256 e. The van der Waals surface area contributed by atoms with E-state index in [4.69, 9.17) is 11.6 Å². The van der Waals surface area contributed by atoms with E-state index in [0.717, 1.165) is 11.1 Å². The molecule has 0 radical (unpaired) electrons. The van der Waals surface area contributed by atoms with Crippen LogP contribution >= 0.6 is 11.6 Å². The number of carbonyl (C=O) groups is 4. The lowest BCUT2D eigenvalue weighted by Crippen LogP contribution is -2.59. The van der Waals surface area contributed by atoms with Crippen molar-refractivity contribution in [2.45, 2.75) is 18.9 Å². The van der Waals surface area contributed by atoms with E-state index in [1.165, 1.54) is 9.80 Å². The normalized spacial score (nSPS) is 18.0. The van der Waals surface area contributed by atoms with E-state index >= 15 is 0 Å². The highest BCUT2D eigenvalue weighted by molar-refractivity contribution is 6.30. The first kappa shape index (κ1) is 20.9. The third-order valence-corrected chi connectivity index (χ3v) is 5.78. The van der Waals surface area contributed by atoms with Gasteiger partial charge in [0.25, 0.3) is 5.91 Å². The molecule has 2 aromatic carbocycles. The third-order valence-electron chi connectivity index (χ3n) is 5.52. The second-order valence-corrected chi connectivity index (χ2v) is 7.92. The average Bonchev–Trinajstić information content (AvgIpc) is 2.86. The van der Waals surface area contributed by atoms with Crippen molar-refractivity contribution < 1.29 is 24.3 Å². The van der Waals surface area contributed by atoms with Gasteiger partial charge in [0, 0.05) is 30.5 Å². The van der Waals surface area contributed by atoms with E-state index < -0.39 is 12.0 Å². The summed E-state index contributed by atoms with van der Waals surface area (Å²) in [4.78, 5) is 51.9. The molecule has 0 saturated carbocycles. The van der Waals surface area contributed by atoms with E-state index in [-0.39, 0.29) is 50.2 Å². The predicted molar refractivity (Wildman–Crippen MR) is 111 cm³/mol. The summed E-state index contributed by atoms with van der Waals surface area (Å²) < 4.78 is 0. The summed E-state index contributed by atoms with van der Waals surface area (Å²) in [7, 11) is 0. The Labute approximate surface area is 183 Å². The largest absolute Gasteiger partial charge is 0.550 e. The molecule has 0 spiro atoms. The zero-order valence-electron chi connectivity index (χ0n) is 16.5. The molecule has 2 aromatic rings. The Hall–Kier alpha value is -3.39. The minimum atomic E-state index is -1.30. The van der Waals surface area contributed by atoms with Crippen molar-refractivity contribution in [3.63, 3.8) is 0 Å². The highest BCUT2D eigenvalue weighted by Crippen LogP contribution is 2.30. The number of hydrogen-bond donors (Lipinski definition) is 1. The molecule has 8 nitrogen and oxygen atoms in total. The minimum absolute atomic E-state index is 0.0154. The van der Waals surface area contributed by atoms with Crippen LogP contribution in [0.2, 0.25) is 5.02 Å². The summed E-state index contributed by atoms with van der Waals surface area (Å²) in [5.74, 6) is -2.36. The quantitative estimate of drug-likeness (QED) is 0.766. The minimum Gasteiger partial charge on any atom is -0.550 e.